The molecule has 148 valence electrons. The second kappa shape index (κ2) is 8.61. The highest BCUT2D eigenvalue weighted by molar-refractivity contribution is 5.87. The van der Waals surface area contributed by atoms with Crippen LogP contribution in [0.4, 0.5) is 0 Å². The maximum absolute atomic E-state index is 12.2. The van der Waals surface area contributed by atoms with Crippen LogP contribution in [0, 0.1) is 0 Å². The molecule has 0 bridgehead atoms. The first-order valence-electron chi connectivity index (χ1n) is 9.78. The van der Waals surface area contributed by atoms with Gasteiger partial charge in [0.15, 0.2) is 0 Å². The molecule has 1 atom stereocenters. The molecule has 1 aliphatic rings. The van der Waals surface area contributed by atoms with Crippen molar-refractivity contribution >= 4 is 17.0 Å². The molecule has 4 heteroatoms. The van der Waals surface area contributed by atoms with Crippen LogP contribution < -0.4 is 10.4 Å². The third-order valence-corrected chi connectivity index (χ3v) is 5.15. The largest absolute Gasteiger partial charge is 0.482 e. The zero-order chi connectivity index (χ0) is 20.1. The first-order valence-corrected chi connectivity index (χ1v) is 9.78. The molecule has 1 aliphatic heterocycles. The lowest BCUT2D eigenvalue weighted by Crippen LogP contribution is -2.33. The fourth-order valence-corrected chi connectivity index (χ4v) is 3.37. The molecule has 0 aliphatic carbocycles. The van der Waals surface area contributed by atoms with Gasteiger partial charge in [0.2, 0.25) is 0 Å². The van der Waals surface area contributed by atoms with Crippen LogP contribution in [0.25, 0.3) is 17.0 Å². The maximum atomic E-state index is 12.2. The van der Waals surface area contributed by atoms with Gasteiger partial charge in [0.1, 0.15) is 22.5 Å². The summed E-state index contributed by atoms with van der Waals surface area (Å²) < 4.78 is 11.7. The second-order valence-electron chi connectivity index (χ2n) is 7.71. The highest BCUT2D eigenvalue weighted by Gasteiger charge is 2.29. The van der Waals surface area contributed by atoms with Crippen LogP contribution in [0.3, 0.4) is 0 Å². The van der Waals surface area contributed by atoms with E-state index in [-0.39, 0.29) is 12.2 Å². The van der Waals surface area contributed by atoms with Gasteiger partial charge in [0, 0.05) is 0 Å². The lowest BCUT2D eigenvalue weighted by Gasteiger charge is -2.31. The minimum Gasteiger partial charge on any atom is -0.482 e. The predicted molar refractivity (Wildman–Crippen MR) is 114 cm³/mol. The number of hydrogen-bond donors (Lipinski definition) is 1. The molecule has 1 aromatic heterocycles. The van der Waals surface area contributed by atoms with E-state index in [4.69, 9.17) is 14.3 Å². The van der Waals surface area contributed by atoms with E-state index in [9.17, 15) is 4.79 Å². The number of fused-ring (bicyclic) bond motifs is 3. The van der Waals surface area contributed by atoms with E-state index >= 15 is 0 Å². The molecule has 0 saturated carbocycles. The van der Waals surface area contributed by atoms with Crippen LogP contribution in [-0.4, -0.2) is 17.3 Å². The minimum absolute atomic E-state index is 0.124. The summed E-state index contributed by atoms with van der Waals surface area (Å²) in [5.41, 5.74) is 2.54. The fraction of sp³-hybridized carbons (Fsp3) is 0.375. The Kier molecular flexibility index (Phi) is 6.20. The van der Waals surface area contributed by atoms with E-state index in [1.807, 2.05) is 44.2 Å². The molecule has 0 amide bonds. The quantitative estimate of drug-likeness (QED) is 0.516. The van der Waals surface area contributed by atoms with E-state index in [1.54, 1.807) is 6.07 Å². The zero-order valence-corrected chi connectivity index (χ0v) is 16.8. The number of rotatable bonds is 7. The van der Waals surface area contributed by atoms with E-state index in [0.29, 0.717) is 16.9 Å². The molecule has 2 heterocycles. The van der Waals surface area contributed by atoms with Crippen molar-refractivity contribution < 1.29 is 14.3 Å². The standard InChI is InChI=1S/C24H28O4/c1-17(8-6-9-18(2)16-25)10-7-14-24(3)15-13-20-22(28-24)19-11-4-5-12-21(19)27-23(20)26/h4-5,9-13,15,25H,6-8,14,16H2,1-3H3. The van der Waals surface area contributed by atoms with E-state index in [0.717, 1.165) is 36.6 Å². The average Bonchev–Trinajstić information content (AvgIpc) is 2.67. The first kappa shape index (κ1) is 20.2. The van der Waals surface area contributed by atoms with Crippen molar-refractivity contribution in [3.05, 3.63) is 69.6 Å². The van der Waals surface area contributed by atoms with Crippen LogP contribution in [0.2, 0.25) is 0 Å². The van der Waals surface area contributed by atoms with E-state index in [2.05, 4.69) is 19.1 Å². The van der Waals surface area contributed by atoms with Gasteiger partial charge in [0.05, 0.1) is 12.0 Å². The molecule has 0 fully saturated rings. The van der Waals surface area contributed by atoms with Gasteiger partial charge in [-0.2, -0.15) is 0 Å². The number of hydrogen-bond acceptors (Lipinski definition) is 4. The molecule has 28 heavy (non-hydrogen) atoms. The summed E-state index contributed by atoms with van der Waals surface area (Å²) in [5, 5.41) is 9.86. The van der Waals surface area contributed by atoms with Gasteiger partial charge >= 0.3 is 5.63 Å². The monoisotopic (exact) mass is 380 g/mol. The Morgan fingerprint density at radius 2 is 1.89 bits per heavy atom. The van der Waals surface area contributed by atoms with E-state index < -0.39 is 5.60 Å². The van der Waals surface area contributed by atoms with Gasteiger partial charge < -0.3 is 14.3 Å². The van der Waals surface area contributed by atoms with Gasteiger partial charge in [-0.3, -0.25) is 0 Å². The Hall–Kier alpha value is -2.59. The summed E-state index contributed by atoms with van der Waals surface area (Å²) in [7, 11) is 0. The van der Waals surface area contributed by atoms with Crippen LogP contribution in [-0.2, 0) is 0 Å². The van der Waals surface area contributed by atoms with Gasteiger partial charge in [-0.05, 0) is 70.7 Å². The van der Waals surface area contributed by atoms with Crippen LogP contribution in [0.1, 0.15) is 52.0 Å². The third kappa shape index (κ3) is 4.63. The molecule has 3 rings (SSSR count). The smallest absolute Gasteiger partial charge is 0.347 e. The lowest BCUT2D eigenvalue weighted by atomic mass is 9.94. The van der Waals surface area contributed by atoms with Crippen molar-refractivity contribution in [1.82, 2.24) is 0 Å². The summed E-state index contributed by atoms with van der Waals surface area (Å²) in [6, 6.07) is 7.47. The van der Waals surface area contributed by atoms with Gasteiger partial charge in [-0.25, -0.2) is 4.79 Å². The molecule has 1 aromatic carbocycles. The van der Waals surface area contributed by atoms with Gasteiger partial charge in [-0.15, -0.1) is 0 Å². The highest BCUT2D eigenvalue weighted by Crippen LogP contribution is 2.37. The fourth-order valence-electron chi connectivity index (χ4n) is 3.37. The van der Waals surface area contributed by atoms with Crippen molar-refractivity contribution in [3.63, 3.8) is 0 Å². The van der Waals surface area contributed by atoms with Crippen molar-refractivity contribution in [1.29, 1.82) is 0 Å². The Bertz CT molecular complexity index is 993. The number of ether oxygens (including phenoxy) is 1. The number of aliphatic hydroxyl groups excluding tert-OH is 1. The summed E-state index contributed by atoms with van der Waals surface area (Å²) in [6.45, 7) is 6.25. The van der Waals surface area contributed by atoms with Crippen molar-refractivity contribution in [3.8, 4) is 5.75 Å². The molecule has 0 saturated heterocycles. The second-order valence-corrected chi connectivity index (χ2v) is 7.71. The molecule has 2 aromatic rings. The third-order valence-electron chi connectivity index (χ3n) is 5.15. The first-order chi connectivity index (χ1) is 13.4. The molecular weight excluding hydrogens is 352 g/mol. The molecule has 1 N–H and O–H groups in total. The average molecular weight is 380 g/mol. The number of allylic oxidation sites excluding steroid dienone is 3. The topological polar surface area (TPSA) is 59.7 Å². The van der Waals surface area contributed by atoms with E-state index in [1.165, 1.54) is 5.57 Å². The minimum atomic E-state index is -0.465. The maximum Gasteiger partial charge on any atom is 0.347 e. The van der Waals surface area contributed by atoms with Crippen LogP contribution in [0.5, 0.6) is 5.75 Å². The number of para-hydroxylation sites is 1. The highest BCUT2D eigenvalue weighted by atomic mass is 16.5. The Morgan fingerprint density at radius 3 is 2.68 bits per heavy atom. The predicted octanol–water partition coefficient (Wildman–Crippen LogP) is 5.40. The molecular formula is C24H28O4. The van der Waals surface area contributed by atoms with Crippen molar-refractivity contribution in [2.24, 2.45) is 0 Å². The van der Waals surface area contributed by atoms with Crippen LogP contribution in [0.15, 0.2) is 62.9 Å². The molecule has 0 radical (unpaired) electrons. The summed E-state index contributed by atoms with van der Waals surface area (Å²) >= 11 is 0. The van der Waals surface area contributed by atoms with Crippen LogP contribution >= 0.6 is 0 Å². The number of aliphatic hydroxyl groups is 1. The Balaban J connectivity index is 1.69. The molecule has 0 spiro atoms. The summed E-state index contributed by atoms with van der Waals surface area (Å²) in [5.74, 6) is 0.613. The SMILES string of the molecule is CC(=CCCC(C)=CCCC1(C)C=Cc2c(c3ccccc3oc2=O)O1)CO. The van der Waals surface area contributed by atoms with Crippen molar-refractivity contribution in [2.75, 3.05) is 6.61 Å². The summed E-state index contributed by atoms with van der Waals surface area (Å²) in [6.07, 6.45) is 11.8. The Labute approximate surface area is 165 Å². The van der Waals surface area contributed by atoms with Crippen molar-refractivity contribution in [2.45, 2.75) is 52.1 Å². The lowest BCUT2D eigenvalue weighted by molar-refractivity contribution is 0.130. The molecule has 1 unspecified atom stereocenters. The zero-order valence-electron chi connectivity index (χ0n) is 16.8. The van der Waals surface area contributed by atoms with Gasteiger partial charge in [0.25, 0.3) is 0 Å². The molecule has 4 nitrogen and oxygen atoms in total. The Morgan fingerprint density at radius 1 is 1.14 bits per heavy atom. The number of benzene rings is 1. The van der Waals surface area contributed by atoms with Gasteiger partial charge in [-0.1, -0.05) is 35.4 Å². The normalized spacial score (nSPS) is 19.6. The summed E-state index contributed by atoms with van der Waals surface area (Å²) in [4.78, 5) is 12.2.